The molecule has 1 aromatic carbocycles. The van der Waals surface area contributed by atoms with E-state index in [0.717, 1.165) is 5.56 Å². The third-order valence-corrected chi connectivity index (χ3v) is 5.65. The fraction of sp³-hybridized carbons (Fsp3) is 0.611. The molecular weight excluding hydrogens is 380 g/mol. The Morgan fingerprint density at radius 1 is 1.22 bits per heavy atom. The molecule has 0 amide bonds. The highest BCUT2D eigenvalue weighted by Crippen LogP contribution is 2.34. The molecular formula is C18H24BrClO3. The molecule has 0 bridgehead atoms. The topological polar surface area (TPSA) is 35.5 Å². The van der Waals surface area contributed by atoms with Crippen LogP contribution >= 0.6 is 27.5 Å². The van der Waals surface area contributed by atoms with Gasteiger partial charge in [0.1, 0.15) is 17.3 Å². The normalized spacial score (nSPS) is 16.9. The summed E-state index contributed by atoms with van der Waals surface area (Å²) in [5.74, 6) is 2.11. The van der Waals surface area contributed by atoms with E-state index in [9.17, 15) is 4.79 Å². The van der Waals surface area contributed by atoms with Crippen LogP contribution in [0.2, 0.25) is 5.02 Å². The zero-order valence-electron chi connectivity index (χ0n) is 13.7. The molecule has 1 saturated carbocycles. The van der Waals surface area contributed by atoms with Crippen LogP contribution in [0.3, 0.4) is 0 Å². The second-order valence-electron chi connectivity index (χ2n) is 6.14. The maximum Gasteiger partial charge on any atom is 0.147 e. The molecule has 1 aliphatic rings. The number of alkyl halides is 1. The van der Waals surface area contributed by atoms with Crippen molar-refractivity contribution in [3.8, 4) is 11.5 Å². The highest BCUT2D eigenvalue weighted by molar-refractivity contribution is 9.10. The van der Waals surface area contributed by atoms with E-state index < -0.39 is 0 Å². The van der Waals surface area contributed by atoms with Crippen molar-refractivity contribution in [1.82, 2.24) is 0 Å². The van der Waals surface area contributed by atoms with E-state index in [1.54, 1.807) is 20.3 Å². The van der Waals surface area contributed by atoms with Crippen molar-refractivity contribution in [2.24, 2.45) is 5.92 Å². The van der Waals surface area contributed by atoms with Crippen molar-refractivity contribution >= 4 is 33.3 Å². The van der Waals surface area contributed by atoms with Crippen LogP contribution in [-0.4, -0.2) is 24.8 Å². The molecule has 5 heteroatoms. The number of hydrogen-bond donors (Lipinski definition) is 0. The molecule has 0 N–H and O–H groups in total. The maximum absolute atomic E-state index is 12.5. The SMILES string of the molecule is COc1cc(CC(Br)C(=O)CC2CCCCC2)c(OC)cc1Cl. The van der Waals surface area contributed by atoms with E-state index in [4.69, 9.17) is 21.1 Å². The first kappa shape index (κ1) is 18.6. The van der Waals surface area contributed by atoms with Gasteiger partial charge in [-0.25, -0.2) is 0 Å². The molecule has 0 spiro atoms. The van der Waals surface area contributed by atoms with E-state index in [1.165, 1.54) is 32.1 Å². The van der Waals surface area contributed by atoms with Crippen LogP contribution < -0.4 is 9.47 Å². The Kier molecular flexibility index (Phi) is 7.22. The minimum absolute atomic E-state index is 0.204. The zero-order chi connectivity index (χ0) is 16.8. The molecule has 0 aromatic heterocycles. The predicted molar refractivity (Wildman–Crippen MR) is 97.2 cm³/mol. The lowest BCUT2D eigenvalue weighted by atomic mass is 9.85. The van der Waals surface area contributed by atoms with Gasteiger partial charge >= 0.3 is 0 Å². The predicted octanol–water partition coefficient (Wildman–Crippen LogP) is 5.20. The summed E-state index contributed by atoms with van der Waals surface area (Å²) >= 11 is 9.68. The lowest BCUT2D eigenvalue weighted by Gasteiger charge is -2.22. The molecule has 23 heavy (non-hydrogen) atoms. The third kappa shape index (κ3) is 5.12. The monoisotopic (exact) mass is 402 g/mol. The van der Waals surface area contributed by atoms with Crippen molar-refractivity contribution in [3.63, 3.8) is 0 Å². The molecule has 1 unspecified atom stereocenters. The van der Waals surface area contributed by atoms with Gasteiger partial charge in [-0.1, -0.05) is 59.6 Å². The lowest BCUT2D eigenvalue weighted by Crippen LogP contribution is -2.21. The summed E-state index contributed by atoms with van der Waals surface area (Å²) in [5.41, 5.74) is 0.924. The molecule has 1 aromatic rings. The highest BCUT2D eigenvalue weighted by Gasteiger charge is 2.23. The molecule has 1 fully saturated rings. The maximum atomic E-state index is 12.5. The Balaban J connectivity index is 2.03. The summed E-state index contributed by atoms with van der Waals surface area (Å²) in [6.07, 6.45) is 7.43. The minimum Gasteiger partial charge on any atom is -0.496 e. The van der Waals surface area contributed by atoms with Crippen molar-refractivity contribution < 1.29 is 14.3 Å². The Labute approximate surface area is 151 Å². The molecule has 1 atom stereocenters. The van der Waals surface area contributed by atoms with Gasteiger partial charge in [-0.05, 0) is 24.0 Å². The smallest absolute Gasteiger partial charge is 0.147 e. The van der Waals surface area contributed by atoms with Gasteiger partial charge in [0.05, 0.1) is 24.1 Å². The van der Waals surface area contributed by atoms with Crippen LogP contribution in [0.5, 0.6) is 11.5 Å². The molecule has 3 nitrogen and oxygen atoms in total. The standard InChI is InChI=1S/C18H24BrClO3/c1-22-17-11-15(20)18(23-2)10-13(17)9-14(19)16(21)8-12-6-4-3-5-7-12/h10-12,14H,3-9H2,1-2H3. The number of hydrogen-bond acceptors (Lipinski definition) is 3. The Bertz CT molecular complexity index is 541. The van der Waals surface area contributed by atoms with E-state index >= 15 is 0 Å². The minimum atomic E-state index is -0.204. The van der Waals surface area contributed by atoms with Gasteiger partial charge in [-0.15, -0.1) is 0 Å². The van der Waals surface area contributed by atoms with Crippen LogP contribution in [-0.2, 0) is 11.2 Å². The van der Waals surface area contributed by atoms with Crippen molar-refractivity contribution in [3.05, 3.63) is 22.7 Å². The summed E-state index contributed by atoms with van der Waals surface area (Å²) in [5, 5.41) is 0.507. The van der Waals surface area contributed by atoms with Crippen LogP contribution in [0.1, 0.15) is 44.1 Å². The third-order valence-electron chi connectivity index (χ3n) is 4.52. The number of carbonyl (C=O) groups excluding carboxylic acids is 1. The van der Waals surface area contributed by atoms with Crippen LogP contribution in [0.25, 0.3) is 0 Å². The van der Waals surface area contributed by atoms with E-state index in [0.29, 0.717) is 35.3 Å². The number of methoxy groups -OCH3 is 2. The Hall–Kier alpha value is -0.740. The summed E-state index contributed by atoms with van der Waals surface area (Å²) in [6.45, 7) is 0. The van der Waals surface area contributed by atoms with Gasteiger partial charge in [-0.2, -0.15) is 0 Å². The average molecular weight is 404 g/mol. The summed E-state index contributed by atoms with van der Waals surface area (Å²) in [4.78, 5) is 12.3. The highest BCUT2D eigenvalue weighted by atomic mass is 79.9. The van der Waals surface area contributed by atoms with E-state index in [1.807, 2.05) is 6.07 Å². The quantitative estimate of drug-likeness (QED) is 0.587. The number of Topliss-reactive ketones (excluding diaryl/α,β-unsaturated/α-hetero) is 1. The first-order valence-electron chi connectivity index (χ1n) is 8.12. The van der Waals surface area contributed by atoms with Crippen molar-refractivity contribution in [1.29, 1.82) is 0 Å². The molecule has 0 heterocycles. The molecule has 2 rings (SSSR count). The van der Waals surface area contributed by atoms with Gasteiger partial charge in [0, 0.05) is 12.5 Å². The number of benzene rings is 1. The average Bonchev–Trinajstić information content (AvgIpc) is 2.56. The van der Waals surface area contributed by atoms with Gasteiger partial charge in [0.2, 0.25) is 0 Å². The number of rotatable bonds is 7. The molecule has 128 valence electrons. The molecule has 0 radical (unpaired) electrons. The van der Waals surface area contributed by atoms with Gasteiger partial charge < -0.3 is 9.47 Å². The Morgan fingerprint density at radius 3 is 2.48 bits per heavy atom. The number of ether oxygens (including phenoxy) is 2. The second kappa shape index (κ2) is 8.93. The second-order valence-corrected chi connectivity index (χ2v) is 7.66. The van der Waals surface area contributed by atoms with Crippen molar-refractivity contribution in [2.45, 2.75) is 49.8 Å². The van der Waals surface area contributed by atoms with Gasteiger partial charge in [0.25, 0.3) is 0 Å². The summed E-state index contributed by atoms with van der Waals surface area (Å²) in [6, 6.07) is 3.59. The number of halogens is 2. The summed E-state index contributed by atoms with van der Waals surface area (Å²) in [7, 11) is 3.19. The number of carbonyl (C=O) groups is 1. The Morgan fingerprint density at radius 2 is 1.87 bits per heavy atom. The first-order chi connectivity index (χ1) is 11.0. The van der Waals surface area contributed by atoms with Crippen LogP contribution in [0.4, 0.5) is 0 Å². The fourth-order valence-corrected chi connectivity index (χ4v) is 3.96. The summed E-state index contributed by atoms with van der Waals surface area (Å²) < 4.78 is 10.6. The molecule has 0 saturated heterocycles. The molecule has 1 aliphatic carbocycles. The van der Waals surface area contributed by atoms with E-state index in [-0.39, 0.29) is 10.6 Å². The number of ketones is 1. The van der Waals surface area contributed by atoms with Crippen LogP contribution in [0, 0.1) is 5.92 Å². The van der Waals surface area contributed by atoms with Crippen molar-refractivity contribution in [2.75, 3.05) is 14.2 Å². The zero-order valence-corrected chi connectivity index (χ0v) is 16.1. The largest absolute Gasteiger partial charge is 0.496 e. The van der Waals surface area contributed by atoms with E-state index in [2.05, 4.69) is 15.9 Å². The fourth-order valence-electron chi connectivity index (χ4n) is 3.19. The van der Waals surface area contributed by atoms with Gasteiger partial charge in [0.15, 0.2) is 0 Å². The lowest BCUT2D eigenvalue weighted by molar-refractivity contribution is -0.119. The van der Waals surface area contributed by atoms with Crippen LogP contribution in [0.15, 0.2) is 12.1 Å². The molecule has 0 aliphatic heterocycles. The van der Waals surface area contributed by atoms with Gasteiger partial charge in [-0.3, -0.25) is 4.79 Å². The first-order valence-corrected chi connectivity index (χ1v) is 9.41.